The zero-order valence-electron chi connectivity index (χ0n) is 15.3. The molecule has 2 N–H and O–H groups in total. The van der Waals surface area contributed by atoms with E-state index in [0.717, 1.165) is 17.8 Å². The number of nitrogens with zero attached hydrogens (tertiary/aromatic N) is 2. The fourth-order valence-corrected chi connectivity index (χ4v) is 2.98. The Kier molecular flexibility index (Phi) is 6.54. The van der Waals surface area contributed by atoms with Crippen LogP contribution >= 0.6 is 12.2 Å². The molecule has 4 nitrogen and oxygen atoms in total. The molecule has 2 aromatic carbocycles. The number of benzene rings is 2. The van der Waals surface area contributed by atoms with E-state index in [1.165, 1.54) is 24.5 Å². The predicted octanol–water partition coefficient (Wildman–Crippen LogP) is 5.22. The Morgan fingerprint density at radius 3 is 2.56 bits per heavy atom. The highest BCUT2D eigenvalue weighted by molar-refractivity contribution is 7.80. The summed E-state index contributed by atoms with van der Waals surface area (Å²) in [5.41, 5.74) is 3.61. The van der Waals surface area contributed by atoms with Gasteiger partial charge in [-0.15, -0.1) is 0 Å². The average molecular weight is 383 g/mol. The maximum Gasteiger partial charge on any atom is 0.175 e. The van der Waals surface area contributed by atoms with Crippen molar-refractivity contribution in [3.63, 3.8) is 0 Å². The van der Waals surface area contributed by atoms with Crippen molar-refractivity contribution in [3.8, 4) is 0 Å². The second-order valence-electron chi connectivity index (χ2n) is 6.40. The maximum atomic E-state index is 13.7. The van der Waals surface area contributed by atoms with Gasteiger partial charge < -0.3 is 10.6 Å². The van der Waals surface area contributed by atoms with Gasteiger partial charge in [0.15, 0.2) is 5.11 Å². The summed E-state index contributed by atoms with van der Waals surface area (Å²) in [6.07, 6.45) is 6.96. The molecule has 1 aromatic heterocycles. The topological polar surface area (TPSA) is 41.9 Å². The van der Waals surface area contributed by atoms with Gasteiger partial charge in [-0.2, -0.15) is 5.10 Å². The lowest BCUT2D eigenvalue weighted by Gasteiger charge is -2.09. The van der Waals surface area contributed by atoms with Crippen molar-refractivity contribution in [2.24, 2.45) is 0 Å². The van der Waals surface area contributed by atoms with Crippen molar-refractivity contribution in [1.82, 2.24) is 9.78 Å². The van der Waals surface area contributed by atoms with Crippen molar-refractivity contribution < 1.29 is 4.39 Å². The Balaban J connectivity index is 1.54. The molecule has 0 spiro atoms. The second-order valence-corrected chi connectivity index (χ2v) is 6.81. The molecule has 3 aromatic rings. The molecule has 0 amide bonds. The van der Waals surface area contributed by atoms with E-state index in [-0.39, 0.29) is 5.82 Å². The van der Waals surface area contributed by atoms with Crippen LogP contribution in [0.4, 0.5) is 15.8 Å². The van der Waals surface area contributed by atoms with Crippen molar-refractivity contribution in [3.05, 3.63) is 77.9 Å². The van der Waals surface area contributed by atoms with Crippen molar-refractivity contribution >= 4 is 28.7 Å². The molecule has 0 saturated heterocycles. The number of unbranched alkanes of at least 4 members (excludes halogenated alkanes) is 1. The molecule has 0 aliphatic rings. The van der Waals surface area contributed by atoms with E-state index in [1.807, 2.05) is 18.2 Å². The van der Waals surface area contributed by atoms with Gasteiger partial charge >= 0.3 is 0 Å². The Bertz CT molecular complexity index is 889. The van der Waals surface area contributed by atoms with Crippen LogP contribution in [0.5, 0.6) is 0 Å². The molecular formula is C21H23FN4S. The second kappa shape index (κ2) is 9.28. The van der Waals surface area contributed by atoms with Crippen LogP contribution in [-0.2, 0) is 13.0 Å². The van der Waals surface area contributed by atoms with Crippen LogP contribution in [0, 0.1) is 5.82 Å². The number of aromatic nitrogens is 2. The Hall–Kier alpha value is -2.73. The molecule has 0 atom stereocenters. The third kappa shape index (κ3) is 5.62. The molecule has 6 heteroatoms. The minimum absolute atomic E-state index is 0.234. The summed E-state index contributed by atoms with van der Waals surface area (Å²) in [7, 11) is 0. The number of halogens is 1. The van der Waals surface area contributed by atoms with Crippen LogP contribution in [0.2, 0.25) is 0 Å². The molecule has 0 aliphatic carbocycles. The smallest absolute Gasteiger partial charge is 0.175 e. The summed E-state index contributed by atoms with van der Waals surface area (Å²) in [5, 5.41) is 11.0. The minimum atomic E-state index is -0.234. The SMILES string of the molecule is CCCCc1ccc(NC(=S)Nc2cnn(Cc3ccccc3F)c2)cc1. The molecule has 3 rings (SSSR count). The molecule has 0 radical (unpaired) electrons. The van der Waals surface area contributed by atoms with E-state index in [0.29, 0.717) is 17.2 Å². The van der Waals surface area contributed by atoms with Crippen LogP contribution in [0.15, 0.2) is 60.9 Å². The van der Waals surface area contributed by atoms with E-state index >= 15 is 0 Å². The first kappa shape index (κ1) is 19.0. The summed E-state index contributed by atoms with van der Waals surface area (Å²) >= 11 is 5.36. The van der Waals surface area contributed by atoms with Gasteiger partial charge in [-0.05, 0) is 48.8 Å². The Morgan fingerprint density at radius 1 is 1.07 bits per heavy atom. The highest BCUT2D eigenvalue weighted by Crippen LogP contribution is 2.14. The van der Waals surface area contributed by atoms with Crippen molar-refractivity contribution in [1.29, 1.82) is 0 Å². The van der Waals surface area contributed by atoms with Gasteiger partial charge in [-0.25, -0.2) is 4.39 Å². The highest BCUT2D eigenvalue weighted by atomic mass is 32.1. The number of hydrogen-bond acceptors (Lipinski definition) is 2. The van der Waals surface area contributed by atoms with Crippen molar-refractivity contribution in [2.75, 3.05) is 10.6 Å². The summed E-state index contributed by atoms with van der Waals surface area (Å²) < 4.78 is 15.4. The fourth-order valence-electron chi connectivity index (χ4n) is 2.74. The lowest BCUT2D eigenvalue weighted by Crippen LogP contribution is -2.18. The van der Waals surface area contributed by atoms with E-state index in [1.54, 1.807) is 29.2 Å². The number of hydrogen-bond donors (Lipinski definition) is 2. The largest absolute Gasteiger partial charge is 0.332 e. The predicted molar refractivity (Wildman–Crippen MR) is 113 cm³/mol. The Morgan fingerprint density at radius 2 is 1.81 bits per heavy atom. The third-order valence-electron chi connectivity index (χ3n) is 4.21. The number of nitrogens with one attached hydrogen (secondary N) is 2. The lowest BCUT2D eigenvalue weighted by molar-refractivity contribution is 0.585. The van der Waals surface area contributed by atoms with E-state index in [2.05, 4.69) is 34.8 Å². The van der Waals surface area contributed by atoms with Gasteiger partial charge in [0.2, 0.25) is 0 Å². The molecule has 0 aliphatic heterocycles. The van der Waals surface area contributed by atoms with Crippen molar-refractivity contribution in [2.45, 2.75) is 32.7 Å². The van der Waals surface area contributed by atoms with Crippen LogP contribution in [0.1, 0.15) is 30.9 Å². The van der Waals surface area contributed by atoms with E-state index in [9.17, 15) is 4.39 Å². The molecule has 0 fully saturated rings. The van der Waals surface area contributed by atoms with Crippen LogP contribution in [0.3, 0.4) is 0 Å². The van der Waals surface area contributed by atoms with Crippen LogP contribution < -0.4 is 10.6 Å². The van der Waals surface area contributed by atoms with E-state index < -0.39 is 0 Å². The average Bonchev–Trinajstić information content (AvgIpc) is 3.10. The first-order valence-electron chi connectivity index (χ1n) is 9.07. The summed E-state index contributed by atoms with van der Waals surface area (Å²) in [5.74, 6) is -0.234. The zero-order valence-corrected chi connectivity index (χ0v) is 16.1. The van der Waals surface area contributed by atoms with Gasteiger partial charge in [0.25, 0.3) is 0 Å². The number of rotatable bonds is 7. The monoisotopic (exact) mass is 382 g/mol. The molecule has 0 bridgehead atoms. The quantitative estimate of drug-likeness (QED) is 0.550. The minimum Gasteiger partial charge on any atom is -0.332 e. The van der Waals surface area contributed by atoms with Gasteiger partial charge in [0, 0.05) is 17.4 Å². The molecule has 140 valence electrons. The van der Waals surface area contributed by atoms with Crippen LogP contribution in [0.25, 0.3) is 0 Å². The van der Waals surface area contributed by atoms with Gasteiger partial charge in [0.1, 0.15) is 5.82 Å². The maximum absolute atomic E-state index is 13.7. The summed E-state index contributed by atoms with van der Waals surface area (Å²) in [4.78, 5) is 0. The molecule has 1 heterocycles. The summed E-state index contributed by atoms with van der Waals surface area (Å²) in [6, 6.07) is 15.0. The number of anilines is 2. The first-order chi connectivity index (χ1) is 13.1. The standard InChI is InChI=1S/C21H23FN4S/c1-2-3-6-16-9-11-18(12-10-16)24-21(27)25-19-13-23-26(15-19)14-17-7-4-5-8-20(17)22/h4-5,7-13,15H,2-3,6,14H2,1H3,(H2,24,25,27). The lowest BCUT2D eigenvalue weighted by atomic mass is 10.1. The highest BCUT2D eigenvalue weighted by Gasteiger charge is 2.05. The molecular weight excluding hydrogens is 359 g/mol. The molecule has 0 saturated carbocycles. The summed E-state index contributed by atoms with van der Waals surface area (Å²) in [6.45, 7) is 2.56. The van der Waals surface area contributed by atoms with Gasteiger partial charge in [-0.1, -0.05) is 43.7 Å². The molecule has 0 unspecified atom stereocenters. The number of aryl methyl sites for hydroxylation is 1. The first-order valence-corrected chi connectivity index (χ1v) is 9.47. The van der Waals surface area contributed by atoms with Gasteiger partial charge in [-0.3, -0.25) is 4.68 Å². The zero-order chi connectivity index (χ0) is 19.1. The Labute approximate surface area is 164 Å². The van der Waals surface area contributed by atoms with E-state index in [4.69, 9.17) is 12.2 Å². The van der Waals surface area contributed by atoms with Gasteiger partial charge in [0.05, 0.1) is 18.4 Å². The number of thiocarbonyl (C=S) groups is 1. The molecule has 27 heavy (non-hydrogen) atoms. The van der Waals surface area contributed by atoms with Crippen LogP contribution in [-0.4, -0.2) is 14.9 Å². The normalized spacial score (nSPS) is 10.6. The fraction of sp³-hybridized carbons (Fsp3) is 0.238. The third-order valence-corrected chi connectivity index (χ3v) is 4.42.